The molecule has 0 fully saturated rings. The number of hydrogen-bond donors (Lipinski definition) is 1. The lowest BCUT2D eigenvalue weighted by Gasteiger charge is -2.16. The second kappa shape index (κ2) is 24.6. The highest BCUT2D eigenvalue weighted by Gasteiger charge is 2.17. The van der Waals surface area contributed by atoms with Gasteiger partial charge in [-0.3, -0.25) is 9.59 Å². The monoisotopic (exact) mass is 454 g/mol. The van der Waals surface area contributed by atoms with Crippen molar-refractivity contribution in [1.29, 1.82) is 0 Å². The summed E-state index contributed by atoms with van der Waals surface area (Å²) < 4.78 is 5.51. The smallest absolute Gasteiger partial charge is 0.307 e. The number of carbonyl (C=O) groups is 2. The van der Waals surface area contributed by atoms with E-state index in [2.05, 4.69) is 13.8 Å². The SMILES string of the molecule is CCCCCCCCCCCCC(=O)O[C@H](CCCCCCCCCCCC)CC(=O)O. The second-order valence-electron chi connectivity index (χ2n) is 9.61. The van der Waals surface area contributed by atoms with Gasteiger partial charge in [0, 0.05) is 6.42 Å². The molecule has 0 aliphatic carbocycles. The zero-order valence-electron chi connectivity index (χ0n) is 21.5. The number of carboxylic acids is 1. The number of carboxylic acid groups (broad SMARTS) is 1. The molecule has 0 rings (SSSR count). The van der Waals surface area contributed by atoms with Crippen molar-refractivity contribution in [1.82, 2.24) is 0 Å². The van der Waals surface area contributed by atoms with Gasteiger partial charge in [0.15, 0.2) is 0 Å². The lowest BCUT2D eigenvalue weighted by Crippen LogP contribution is -2.21. The summed E-state index contributed by atoms with van der Waals surface area (Å²) in [4.78, 5) is 23.3. The summed E-state index contributed by atoms with van der Waals surface area (Å²) in [5.41, 5.74) is 0. The normalized spacial score (nSPS) is 12.1. The molecular formula is C28H54O4. The fourth-order valence-electron chi connectivity index (χ4n) is 4.26. The van der Waals surface area contributed by atoms with Crippen LogP contribution in [0.3, 0.4) is 0 Å². The number of rotatable bonds is 25. The predicted molar refractivity (Wildman–Crippen MR) is 135 cm³/mol. The minimum absolute atomic E-state index is 0.0683. The lowest BCUT2D eigenvalue weighted by atomic mass is 10.0. The van der Waals surface area contributed by atoms with Gasteiger partial charge in [0.05, 0.1) is 6.42 Å². The number of carbonyl (C=O) groups excluding carboxylic acids is 1. The van der Waals surface area contributed by atoms with E-state index in [0.717, 1.165) is 25.7 Å². The Morgan fingerprint density at radius 3 is 1.38 bits per heavy atom. The lowest BCUT2D eigenvalue weighted by molar-refractivity contribution is -0.153. The molecule has 4 heteroatoms. The summed E-state index contributed by atoms with van der Waals surface area (Å²) in [5.74, 6) is -1.10. The van der Waals surface area contributed by atoms with Crippen LogP contribution in [0.5, 0.6) is 0 Å². The maximum Gasteiger partial charge on any atom is 0.307 e. The molecule has 0 aromatic rings. The largest absolute Gasteiger partial charge is 0.481 e. The zero-order valence-corrected chi connectivity index (χ0v) is 21.5. The number of ether oxygens (including phenoxy) is 1. The van der Waals surface area contributed by atoms with Crippen molar-refractivity contribution in [2.24, 2.45) is 0 Å². The second-order valence-corrected chi connectivity index (χ2v) is 9.61. The highest BCUT2D eigenvalue weighted by atomic mass is 16.5. The number of hydrogen-bond acceptors (Lipinski definition) is 3. The molecule has 0 amide bonds. The maximum absolute atomic E-state index is 12.1. The van der Waals surface area contributed by atoms with Crippen LogP contribution in [-0.4, -0.2) is 23.1 Å². The molecule has 32 heavy (non-hydrogen) atoms. The highest BCUT2D eigenvalue weighted by Crippen LogP contribution is 2.16. The quantitative estimate of drug-likeness (QED) is 0.110. The molecule has 0 radical (unpaired) electrons. The first kappa shape index (κ1) is 30.9. The molecule has 0 aromatic heterocycles. The first-order chi connectivity index (χ1) is 15.6. The van der Waals surface area contributed by atoms with Gasteiger partial charge in [-0.25, -0.2) is 0 Å². The van der Waals surface area contributed by atoms with Crippen LogP contribution >= 0.6 is 0 Å². The van der Waals surface area contributed by atoms with Crippen molar-refractivity contribution in [3.63, 3.8) is 0 Å². The fraction of sp³-hybridized carbons (Fsp3) is 0.929. The van der Waals surface area contributed by atoms with Crippen LogP contribution in [0.4, 0.5) is 0 Å². The summed E-state index contributed by atoms with van der Waals surface area (Å²) in [6, 6.07) is 0. The highest BCUT2D eigenvalue weighted by molar-refractivity contribution is 5.71. The predicted octanol–water partition coefficient (Wildman–Crippen LogP) is 8.99. The third kappa shape index (κ3) is 23.6. The molecule has 1 atom stereocenters. The van der Waals surface area contributed by atoms with Crippen molar-refractivity contribution < 1.29 is 19.4 Å². The first-order valence-electron chi connectivity index (χ1n) is 14.0. The molecule has 0 aromatic carbocycles. The number of esters is 1. The molecule has 0 bridgehead atoms. The Bertz CT molecular complexity index is 422. The van der Waals surface area contributed by atoms with Gasteiger partial charge in [0.25, 0.3) is 0 Å². The molecule has 4 nitrogen and oxygen atoms in total. The topological polar surface area (TPSA) is 63.6 Å². The van der Waals surface area contributed by atoms with Crippen LogP contribution in [0.1, 0.15) is 162 Å². The maximum atomic E-state index is 12.1. The van der Waals surface area contributed by atoms with Crippen molar-refractivity contribution >= 4 is 11.9 Å². The first-order valence-corrected chi connectivity index (χ1v) is 14.0. The van der Waals surface area contributed by atoms with Crippen LogP contribution in [0.25, 0.3) is 0 Å². The van der Waals surface area contributed by atoms with E-state index in [0.29, 0.717) is 12.8 Å². The zero-order chi connectivity index (χ0) is 23.7. The van der Waals surface area contributed by atoms with Gasteiger partial charge in [-0.2, -0.15) is 0 Å². The molecule has 0 aliphatic heterocycles. The number of aliphatic carboxylic acids is 1. The molecular weight excluding hydrogens is 400 g/mol. The minimum Gasteiger partial charge on any atom is -0.481 e. The van der Waals surface area contributed by atoms with Crippen molar-refractivity contribution in [2.45, 2.75) is 168 Å². The van der Waals surface area contributed by atoms with Crippen molar-refractivity contribution in [2.75, 3.05) is 0 Å². The molecule has 190 valence electrons. The van der Waals surface area contributed by atoms with E-state index in [9.17, 15) is 9.59 Å². The van der Waals surface area contributed by atoms with E-state index in [1.54, 1.807) is 0 Å². The molecule has 0 heterocycles. The summed E-state index contributed by atoms with van der Waals surface area (Å²) in [6.45, 7) is 4.49. The average molecular weight is 455 g/mol. The Labute approximate surface area is 199 Å². The summed E-state index contributed by atoms with van der Waals surface area (Å²) >= 11 is 0. The van der Waals surface area contributed by atoms with Gasteiger partial charge in [0.2, 0.25) is 0 Å². The Hall–Kier alpha value is -1.06. The molecule has 0 aliphatic rings. The molecule has 1 N–H and O–H groups in total. The average Bonchev–Trinajstić information content (AvgIpc) is 2.75. The van der Waals surface area contributed by atoms with Crippen LogP contribution < -0.4 is 0 Å². The van der Waals surface area contributed by atoms with Gasteiger partial charge < -0.3 is 9.84 Å². The minimum atomic E-state index is -0.881. The van der Waals surface area contributed by atoms with E-state index in [-0.39, 0.29) is 12.4 Å². The van der Waals surface area contributed by atoms with Crippen LogP contribution in [0.15, 0.2) is 0 Å². The third-order valence-electron chi connectivity index (χ3n) is 6.31. The molecule has 0 spiro atoms. The molecule has 0 saturated carbocycles. The van der Waals surface area contributed by atoms with Crippen LogP contribution in [-0.2, 0) is 14.3 Å². The Balaban J connectivity index is 3.72. The van der Waals surface area contributed by atoms with E-state index in [1.165, 1.54) is 103 Å². The van der Waals surface area contributed by atoms with Crippen molar-refractivity contribution in [3.05, 3.63) is 0 Å². The third-order valence-corrected chi connectivity index (χ3v) is 6.31. The van der Waals surface area contributed by atoms with E-state index < -0.39 is 12.1 Å². The Morgan fingerprint density at radius 2 is 0.969 bits per heavy atom. The van der Waals surface area contributed by atoms with Gasteiger partial charge in [-0.15, -0.1) is 0 Å². The van der Waals surface area contributed by atoms with Crippen molar-refractivity contribution in [3.8, 4) is 0 Å². The molecule has 0 unspecified atom stereocenters. The van der Waals surface area contributed by atoms with Gasteiger partial charge in [-0.1, -0.05) is 129 Å². The molecule has 0 saturated heterocycles. The standard InChI is InChI=1S/C28H54O4/c1-3-5-7-9-11-13-15-17-19-21-23-26(25-27(29)30)32-28(31)24-22-20-18-16-14-12-10-8-6-4-2/h26H,3-25H2,1-2H3,(H,29,30)/t26-/m1/s1. The van der Waals surface area contributed by atoms with Gasteiger partial charge in [-0.05, 0) is 19.3 Å². The van der Waals surface area contributed by atoms with E-state index in [4.69, 9.17) is 9.84 Å². The Kier molecular flexibility index (Phi) is 23.8. The van der Waals surface area contributed by atoms with Gasteiger partial charge >= 0.3 is 11.9 Å². The van der Waals surface area contributed by atoms with Crippen LogP contribution in [0.2, 0.25) is 0 Å². The summed E-state index contributed by atoms with van der Waals surface area (Å²) in [7, 11) is 0. The van der Waals surface area contributed by atoms with Crippen LogP contribution in [0, 0.1) is 0 Å². The summed E-state index contributed by atoms with van der Waals surface area (Å²) in [6.07, 6.45) is 25.4. The van der Waals surface area contributed by atoms with E-state index in [1.807, 2.05) is 0 Å². The van der Waals surface area contributed by atoms with Gasteiger partial charge in [0.1, 0.15) is 6.10 Å². The van der Waals surface area contributed by atoms with E-state index >= 15 is 0 Å². The Morgan fingerprint density at radius 1 is 0.594 bits per heavy atom. The fourth-order valence-corrected chi connectivity index (χ4v) is 4.26. The summed E-state index contributed by atoms with van der Waals surface area (Å²) in [5, 5.41) is 9.13. The number of unbranched alkanes of at least 4 members (excludes halogenated alkanes) is 18.